The monoisotopic (exact) mass is 1100 g/mol. The van der Waals surface area contributed by atoms with Crippen LogP contribution in [-0.2, 0) is 5.41 Å². The van der Waals surface area contributed by atoms with Gasteiger partial charge in [0, 0.05) is 66.5 Å². The third kappa shape index (κ3) is 9.38. The van der Waals surface area contributed by atoms with E-state index in [1.165, 1.54) is 5.56 Å². The molecule has 0 saturated carbocycles. The fourth-order valence-corrected chi connectivity index (χ4v) is 12.7. The zero-order valence-electron chi connectivity index (χ0n) is 48.2. The van der Waals surface area contributed by atoms with Crippen LogP contribution < -0.4 is 9.80 Å². The minimum absolute atomic E-state index is 0.295. The topological polar surface area (TPSA) is 32.8 Å². The molecule has 0 unspecified atom stereocenters. The quantitative estimate of drug-likeness (QED) is 0.122. The van der Waals surface area contributed by atoms with Crippen molar-refractivity contribution in [2.75, 3.05) is 9.80 Å². The summed E-state index contributed by atoms with van der Waals surface area (Å²) in [5.41, 5.74) is 24.0. The van der Waals surface area contributed by atoms with E-state index < -0.39 is 0 Å². The van der Waals surface area contributed by atoms with Crippen molar-refractivity contribution in [2.45, 2.75) is 26.2 Å². The summed E-state index contributed by atoms with van der Waals surface area (Å²) >= 11 is 0. The fraction of sp³-hybridized carbons (Fsp3) is 0.0488. The molecule has 0 saturated heterocycles. The van der Waals surface area contributed by atoms with Crippen LogP contribution in [0.1, 0.15) is 26.3 Å². The molecule has 15 rings (SSSR count). The van der Waals surface area contributed by atoms with Gasteiger partial charge in [0.05, 0.1) is 11.4 Å². The van der Waals surface area contributed by atoms with Crippen molar-refractivity contribution in [1.82, 2.24) is 0 Å². The van der Waals surface area contributed by atoms with Crippen molar-refractivity contribution in [2.24, 2.45) is 0 Å². The Morgan fingerprint density at radius 3 is 0.884 bits per heavy atom. The lowest BCUT2D eigenvalue weighted by Gasteiger charge is -2.35. The molecule has 410 valence electrons. The average Bonchev–Trinajstić information content (AvgIpc) is 1.60. The van der Waals surface area contributed by atoms with Crippen LogP contribution in [0.2, 0.25) is 0 Å². The highest BCUT2D eigenvalue weighted by atomic mass is 16.3. The Morgan fingerprint density at radius 1 is 0.244 bits per heavy atom. The molecule has 2 heterocycles. The fourth-order valence-electron chi connectivity index (χ4n) is 12.7. The molecule has 0 amide bonds. The molecule has 0 radical (unpaired) electrons. The molecular formula is C82H60N2O2. The van der Waals surface area contributed by atoms with Gasteiger partial charge < -0.3 is 18.6 Å². The first-order valence-corrected chi connectivity index (χ1v) is 29.6. The second-order valence-corrected chi connectivity index (χ2v) is 23.2. The molecule has 15 aromatic rings. The largest absolute Gasteiger partial charge is 0.456 e. The second-order valence-electron chi connectivity index (χ2n) is 23.2. The van der Waals surface area contributed by atoms with Crippen LogP contribution in [0.4, 0.5) is 34.1 Å². The summed E-state index contributed by atoms with van der Waals surface area (Å²) in [6, 6.07) is 112. The van der Waals surface area contributed by atoms with Crippen molar-refractivity contribution in [3.63, 3.8) is 0 Å². The van der Waals surface area contributed by atoms with Crippen LogP contribution in [0.25, 0.3) is 111 Å². The first-order chi connectivity index (χ1) is 42.3. The van der Waals surface area contributed by atoms with Crippen LogP contribution >= 0.6 is 0 Å². The van der Waals surface area contributed by atoms with E-state index in [1.807, 2.05) is 12.1 Å². The molecule has 13 aromatic carbocycles. The van der Waals surface area contributed by atoms with Gasteiger partial charge in [-0.25, -0.2) is 0 Å². The zero-order chi connectivity index (χ0) is 57.7. The van der Waals surface area contributed by atoms with Crippen LogP contribution in [0, 0.1) is 0 Å². The zero-order valence-corrected chi connectivity index (χ0v) is 48.2. The van der Waals surface area contributed by atoms with Gasteiger partial charge in [-0.05, 0) is 122 Å². The predicted octanol–water partition coefficient (Wildman–Crippen LogP) is 23.7. The smallest absolute Gasteiger partial charge is 0.136 e. The number of furan rings is 2. The molecule has 2 aromatic heterocycles. The second kappa shape index (κ2) is 21.7. The first kappa shape index (κ1) is 51.9. The highest BCUT2D eigenvalue weighted by Gasteiger charge is 2.29. The minimum Gasteiger partial charge on any atom is -0.456 e. The molecule has 4 nitrogen and oxygen atoms in total. The van der Waals surface area contributed by atoms with E-state index in [1.54, 1.807) is 0 Å². The molecule has 0 atom stereocenters. The normalized spacial score (nSPS) is 11.7. The Bertz CT molecular complexity index is 4520. The lowest BCUT2D eigenvalue weighted by atomic mass is 9.85. The van der Waals surface area contributed by atoms with Crippen molar-refractivity contribution < 1.29 is 8.83 Å². The Hall–Kier alpha value is -10.9. The van der Waals surface area contributed by atoms with Gasteiger partial charge >= 0.3 is 0 Å². The number of fused-ring (bicyclic) bond motifs is 6. The Kier molecular flexibility index (Phi) is 13.1. The highest BCUT2D eigenvalue weighted by Crippen LogP contribution is 2.53. The predicted molar refractivity (Wildman–Crippen MR) is 362 cm³/mol. The minimum atomic E-state index is -0.295. The van der Waals surface area contributed by atoms with Gasteiger partial charge in [0.15, 0.2) is 0 Å². The van der Waals surface area contributed by atoms with E-state index in [9.17, 15) is 0 Å². The third-order valence-electron chi connectivity index (χ3n) is 16.8. The van der Waals surface area contributed by atoms with E-state index >= 15 is 0 Å². The molecule has 4 heteroatoms. The number of para-hydroxylation sites is 4. The summed E-state index contributed by atoms with van der Waals surface area (Å²) < 4.78 is 12.9. The highest BCUT2D eigenvalue weighted by molar-refractivity contribution is 6.14. The van der Waals surface area contributed by atoms with Gasteiger partial charge in [-0.1, -0.05) is 263 Å². The first-order valence-electron chi connectivity index (χ1n) is 29.6. The van der Waals surface area contributed by atoms with E-state index in [4.69, 9.17) is 8.83 Å². The molecule has 0 bridgehead atoms. The molecule has 0 aliphatic heterocycles. The third-order valence-corrected chi connectivity index (χ3v) is 16.8. The molecular weight excluding hydrogens is 1040 g/mol. The Labute approximate surface area is 501 Å². The SMILES string of the molecule is CC(C)(C)c1cc(N(c2ccc(-c3cccc4oc5ccccc5c34)cc2)c2c(-c3ccccc3)cccc2-c2ccccc2)cc(N(c2ccc(-c3cccc4oc5ccccc5c34)cc2)c2c(-c3ccccc3)cccc2-c2ccccc2)c1. The van der Waals surface area contributed by atoms with Crippen LogP contribution in [0.3, 0.4) is 0 Å². The number of anilines is 6. The maximum atomic E-state index is 6.44. The summed E-state index contributed by atoms with van der Waals surface area (Å²) in [6.07, 6.45) is 0. The average molecular weight is 1110 g/mol. The van der Waals surface area contributed by atoms with Crippen molar-refractivity contribution >= 4 is 78.0 Å². The lowest BCUT2D eigenvalue weighted by molar-refractivity contribution is 0.590. The van der Waals surface area contributed by atoms with Crippen LogP contribution in [0.5, 0.6) is 0 Å². The van der Waals surface area contributed by atoms with E-state index in [0.29, 0.717) is 0 Å². The van der Waals surface area contributed by atoms with E-state index in [2.05, 4.69) is 328 Å². The maximum Gasteiger partial charge on any atom is 0.136 e. The molecule has 0 aliphatic carbocycles. The number of rotatable bonds is 12. The van der Waals surface area contributed by atoms with Crippen LogP contribution in [-0.4, -0.2) is 0 Å². The van der Waals surface area contributed by atoms with E-state index in [-0.39, 0.29) is 5.41 Å². The summed E-state index contributed by atoms with van der Waals surface area (Å²) in [5.74, 6) is 0. The number of hydrogen-bond acceptors (Lipinski definition) is 4. The molecule has 0 N–H and O–H groups in total. The van der Waals surface area contributed by atoms with Gasteiger partial charge in [0.1, 0.15) is 22.3 Å². The summed E-state index contributed by atoms with van der Waals surface area (Å²) in [5, 5.41) is 4.43. The van der Waals surface area contributed by atoms with Crippen molar-refractivity contribution in [3.8, 4) is 66.8 Å². The van der Waals surface area contributed by atoms with Gasteiger partial charge in [-0.2, -0.15) is 0 Å². The standard InChI is InChI=1S/C82H60N2O2/c1-82(2,3)61-52-64(83(80-68(55-24-8-4-9-25-55)36-20-37-69(80)56-26-10-5-11-27-56)62-48-44-59(45-49-62)66-34-22-42-76-78(66)72-32-16-18-40-74(72)85-76)54-65(53-61)84(81-70(57-28-12-6-13-29-57)38-21-39-71(81)58-30-14-7-15-31-58)63-50-46-60(47-51-63)67-35-23-43-77-79(67)73-33-17-19-41-75(73)86-77/h4-54H,1-3H3. The molecule has 86 heavy (non-hydrogen) atoms. The van der Waals surface area contributed by atoms with E-state index in [0.717, 1.165) is 145 Å². The van der Waals surface area contributed by atoms with Crippen molar-refractivity contribution in [3.05, 3.63) is 315 Å². The molecule has 0 spiro atoms. The van der Waals surface area contributed by atoms with Crippen molar-refractivity contribution in [1.29, 1.82) is 0 Å². The summed E-state index contributed by atoms with van der Waals surface area (Å²) in [6.45, 7) is 6.99. The summed E-state index contributed by atoms with van der Waals surface area (Å²) in [7, 11) is 0. The van der Waals surface area contributed by atoms with Gasteiger partial charge in [0.2, 0.25) is 0 Å². The Morgan fingerprint density at radius 2 is 0.535 bits per heavy atom. The lowest BCUT2D eigenvalue weighted by Crippen LogP contribution is -2.19. The van der Waals surface area contributed by atoms with Gasteiger partial charge in [-0.15, -0.1) is 0 Å². The molecule has 0 aliphatic rings. The summed E-state index contributed by atoms with van der Waals surface area (Å²) in [4.78, 5) is 5.03. The number of benzene rings is 13. The number of hydrogen-bond donors (Lipinski definition) is 0. The van der Waals surface area contributed by atoms with Gasteiger partial charge in [-0.3, -0.25) is 0 Å². The maximum absolute atomic E-state index is 6.44. The van der Waals surface area contributed by atoms with Crippen LogP contribution in [0.15, 0.2) is 318 Å². The number of nitrogens with zero attached hydrogens (tertiary/aromatic N) is 2. The van der Waals surface area contributed by atoms with Gasteiger partial charge in [0.25, 0.3) is 0 Å². The molecule has 0 fully saturated rings. The Balaban J connectivity index is 1.01.